The maximum atomic E-state index is 12.5. The first-order valence-corrected chi connectivity index (χ1v) is 7.59. The zero-order chi connectivity index (χ0) is 17.1. The number of aryl methyl sites for hydroxylation is 1. The molecule has 2 heterocycles. The van der Waals surface area contributed by atoms with Gasteiger partial charge in [-0.05, 0) is 37.1 Å². The van der Waals surface area contributed by atoms with Crippen LogP contribution in [-0.4, -0.2) is 23.0 Å². The standard InChI is InChI=1S/C17H17N3O4/c18-16(22)14-9-7-11-6-8-13(17(23)20(11)14)19-10-15(21)24-12-4-2-1-3-5-12/h1-6,8,14,19H,7,9-10H2,(H2,18,22)/t14-/m0/s1. The lowest BCUT2D eigenvalue weighted by molar-refractivity contribution is -0.132. The summed E-state index contributed by atoms with van der Waals surface area (Å²) in [6.45, 7) is -0.162. The number of aromatic nitrogens is 1. The van der Waals surface area contributed by atoms with Crippen molar-refractivity contribution in [3.63, 3.8) is 0 Å². The number of rotatable bonds is 5. The van der Waals surface area contributed by atoms with Gasteiger partial charge in [0.25, 0.3) is 5.56 Å². The minimum absolute atomic E-state index is 0.162. The molecule has 1 amide bonds. The number of nitrogens with zero attached hydrogens (tertiary/aromatic N) is 1. The molecule has 1 atom stereocenters. The van der Waals surface area contributed by atoms with E-state index in [1.54, 1.807) is 36.4 Å². The molecule has 1 aromatic heterocycles. The predicted octanol–water partition coefficient (Wildman–Crippen LogP) is 0.838. The highest BCUT2D eigenvalue weighted by molar-refractivity contribution is 5.79. The van der Waals surface area contributed by atoms with Gasteiger partial charge in [-0.25, -0.2) is 4.79 Å². The predicted molar refractivity (Wildman–Crippen MR) is 87.8 cm³/mol. The summed E-state index contributed by atoms with van der Waals surface area (Å²) in [6.07, 6.45) is 1.14. The average Bonchev–Trinajstić information content (AvgIpc) is 3.00. The van der Waals surface area contributed by atoms with Crippen LogP contribution in [0, 0.1) is 0 Å². The Bertz CT molecular complexity index is 829. The van der Waals surface area contributed by atoms with Gasteiger partial charge in [-0.2, -0.15) is 0 Å². The van der Waals surface area contributed by atoms with Crippen LogP contribution in [0.2, 0.25) is 0 Å². The van der Waals surface area contributed by atoms with Crippen molar-refractivity contribution in [3.05, 3.63) is 58.5 Å². The zero-order valence-corrected chi connectivity index (χ0v) is 12.9. The third-order valence-corrected chi connectivity index (χ3v) is 3.91. The van der Waals surface area contributed by atoms with Crippen molar-refractivity contribution < 1.29 is 14.3 Å². The topological polar surface area (TPSA) is 103 Å². The number of hydrogen-bond donors (Lipinski definition) is 2. The van der Waals surface area contributed by atoms with Crippen molar-refractivity contribution in [1.82, 2.24) is 4.57 Å². The summed E-state index contributed by atoms with van der Waals surface area (Å²) in [5.74, 6) is -0.613. The van der Waals surface area contributed by atoms with Gasteiger partial charge in [-0.3, -0.25) is 14.2 Å². The molecule has 0 fully saturated rings. The Morgan fingerprint density at radius 2 is 1.96 bits per heavy atom. The minimum atomic E-state index is -0.634. The van der Waals surface area contributed by atoms with Crippen molar-refractivity contribution in [2.45, 2.75) is 18.9 Å². The number of amides is 1. The molecule has 3 N–H and O–H groups in total. The number of pyridine rings is 1. The summed E-state index contributed by atoms with van der Waals surface area (Å²) in [7, 11) is 0. The molecule has 1 aromatic carbocycles. The molecular weight excluding hydrogens is 310 g/mol. The zero-order valence-electron chi connectivity index (χ0n) is 12.9. The molecule has 0 radical (unpaired) electrons. The fraction of sp³-hybridized carbons (Fsp3) is 0.235. The number of para-hydroxylation sites is 1. The lowest BCUT2D eigenvalue weighted by atomic mass is 10.2. The Hall–Kier alpha value is -3.09. The van der Waals surface area contributed by atoms with Crippen LogP contribution < -0.4 is 21.3 Å². The van der Waals surface area contributed by atoms with Gasteiger partial charge in [0.2, 0.25) is 5.91 Å². The second-order valence-electron chi connectivity index (χ2n) is 5.51. The number of primary amides is 1. The average molecular weight is 327 g/mol. The van der Waals surface area contributed by atoms with Crippen LogP contribution in [0.1, 0.15) is 18.2 Å². The van der Waals surface area contributed by atoms with Crippen LogP contribution in [0.25, 0.3) is 0 Å². The van der Waals surface area contributed by atoms with Gasteiger partial charge in [0.05, 0.1) is 0 Å². The maximum Gasteiger partial charge on any atom is 0.330 e. The van der Waals surface area contributed by atoms with Crippen LogP contribution in [-0.2, 0) is 16.0 Å². The largest absolute Gasteiger partial charge is 0.425 e. The highest BCUT2D eigenvalue weighted by atomic mass is 16.5. The van der Waals surface area contributed by atoms with Gasteiger partial charge in [0.15, 0.2) is 0 Å². The quantitative estimate of drug-likeness (QED) is 0.625. The van der Waals surface area contributed by atoms with Gasteiger partial charge in [0, 0.05) is 5.69 Å². The lowest BCUT2D eigenvalue weighted by Gasteiger charge is -2.13. The molecule has 0 unspecified atom stereocenters. The number of carbonyl (C=O) groups is 2. The fourth-order valence-electron chi connectivity index (χ4n) is 2.78. The SMILES string of the molecule is NC(=O)[C@@H]1CCc2ccc(NCC(=O)Oc3ccccc3)c(=O)n21. The van der Waals surface area contributed by atoms with Crippen molar-refractivity contribution in [2.24, 2.45) is 5.73 Å². The summed E-state index contributed by atoms with van der Waals surface area (Å²) in [6, 6.07) is 11.4. The molecule has 0 saturated carbocycles. The van der Waals surface area contributed by atoms with E-state index in [-0.39, 0.29) is 17.8 Å². The number of fused-ring (bicyclic) bond motifs is 1. The van der Waals surface area contributed by atoms with E-state index in [0.717, 1.165) is 5.69 Å². The summed E-state index contributed by atoms with van der Waals surface area (Å²) < 4.78 is 6.54. The van der Waals surface area contributed by atoms with E-state index in [2.05, 4.69) is 5.32 Å². The van der Waals surface area contributed by atoms with Crippen molar-refractivity contribution in [2.75, 3.05) is 11.9 Å². The summed E-state index contributed by atoms with van der Waals surface area (Å²) in [5, 5.41) is 2.76. The minimum Gasteiger partial charge on any atom is -0.425 e. The third-order valence-electron chi connectivity index (χ3n) is 3.91. The van der Waals surface area contributed by atoms with E-state index in [0.29, 0.717) is 18.6 Å². The molecule has 3 rings (SSSR count). The molecular formula is C17H17N3O4. The van der Waals surface area contributed by atoms with E-state index in [9.17, 15) is 14.4 Å². The van der Waals surface area contributed by atoms with E-state index in [1.807, 2.05) is 6.07 Å². The Labute approximate surface area is 138 Å². The van der Waals surface area contributed by atoms with Gasteiger partial charge in [0.1, 0.15) is 24.0 Å². The number of anilines is 1. The lowest BCUT2D eigenvalue weighted by Crippen LogP contribution is -2.33. The summed E-state index contributed by atoms with van der Waals surface area (Å²) in [4.78, 5) is 35.8. The molecule has 0 bridgehead atoms. The number of nitrogens with one attached hydrogen (secondary N) is 1. The normalized spacial score (nSPS) is 15.6. The Balaban J connectivity index is 1.70. The number of esters is 1. The first-order valence-electron chi connectivity index (χ1n) is 7.59. The molecule has 7 nitrogen and oxygen atoms in total. The first-order chi connectivity index (χ1) is 11.6. The van der Waals surface area contributed by atoms with Gasteiger partial charge in [-0.15, -0.1) is 0 Å². The third kappa shape index (κ3) is 3.15. The van der Waals surface area contributed by atoms with Crippen LogP contribution in [0.4, 0.5) is 5.69 Å². The van der Waals surface area contributed by atoms with E-state index in [4.69, 9.17) is 10.5 Å². The number of hydrogen-bond acceptors (Lipinski definition) is 5. The summed E-state index contributed by atoms with van der Waals surface area (Å²) >= 11 is 0. The van der Waals surface area contributed by atoms with Crippen LogP contribution in [0.3, 0.4) is 0 Å². The van der Waals surface area contributed by atoms with Crippen molar-refractivity contribution in [3.8, 4) is 5.75 Å². The maximum absolute atomic E-state index is 12.5. The Morgan fingerprint density at radius 1 is 1.21 bits per heavy atom. The number of benzene rings is 1. The second kappa shape index (κ2) is 6.57. The molecule has 7 heteroatoms. The van der Waals surface area contributed by atoms with Gasteiger partial charge >= 0.3 is 5.97 Å². The summed E-state index contributed by atoms with van der Waals surface area (Å²) in [5.41, 5.74) is 5.98. The number of nitrogens with two attached hydrogens (primary N) is 1. The smallest absolute Gasteiger partial charge is 0.330 e. The molecule has 2 aromatic rings. The molecule has 124 valence electrons. The molecule has 0 aliphatic carbocycles. The monoisotopic (exact) mass is 327 g/mol. The second-order valence-corrected chi connectivity index (χ2v) is 5.51. The number of ether oxygens (including phenoxy) is 1. The van der Waals surface area contributed by atoms with Gasteiger partial charge < -0.3 is 15.8 Å². The molecule has 1 aliphatic rings. The molecule has 0 spiro atoms. The Kier molecular flexibility index (Phi) is 4.33. The van der Waals surface area contributed by atoms with Crippen LogP contribution in [0.5, 0.6) is 5.75 Å². The highest BCUT2D eigenvalue weighted by Crippen LogP contribution is 2.24. The molecule has 0 saturated heterocycles. The molecule has 24 heavy (non-hydrogen) atoms. The van der Waals surface area contributed by atoms with Crippen LogP contribution in [0.15, 0.2) is 47.3 Å². The molecule has 1 aliphatic heterocycles. The van der Waals surface area contributed by atoms with E-state index >= 15 is 0 Å². The fourth-order valence-corrected chi connectivity index (χ4v) is 2.78. The van der Waals surface area contributed by atoms with E-state index in [1.165, 1.54) is 4.57 Å². The highest BCUT2D eigenvalue weighted by Gasteiger charge is 2.28. The van der Waals surface area contributed by atoms with Crippen molar-refractivity contribution in [1.29, 1.82) is 0 Å². The number of carbonyl (C=O) groups excluding carboxylic acids is 2. The van der Waals surface area contributed by atoms with Crippen molar-refractivity contribution >= 4 is 17.6 Å². The first kappa shape index (κ1) is 15.8. The van der Waals surface area contributed by atoms with Gasteiger partial charge in [-0.1, -0.05) is 18.2 Å². The van der Waals surface area contributed by atoms with E-state index < -0.39 is 17.9 Å². The van der Waals surface area contributed by atoms with Crippen LogP contribution >= 0.6 is 0 Å². The Morgan fingerprint density at radius 3 is 2.67 bits per heavy atom.